The average molecular weight is 323 g/mol. The number of amides is 1. The van der Waals surface area contributed by atoms with E-state index in [2.05, 4.69) is 25.2 Å². The van der Waals surface area contributed by atoms with Crippen LogP contribution in [-0.2, 0) is 0 Å². The lowest BCUT2D eigenvalue weighted by Crippen LogP contribution is -2.49. The monoisotopic (exact) mass is 323 g/mol. The molecule has 3 aromatic rings. The Hall–Kier alpha value is -3.16. The van der Waals surface area contributed by atoms with Crippen molar-refractivity contribution >= 4 is 11.9 Å². The minimum Gasteiger partial charge on any atom is -0.338 e. The number of aromatic nitrogens is 5. The van der Waals surface area contributed by atoms with Crippen LogP contribution >= 0.6 is 0 Å². The number of nitrogens with one attached hydrogen (secondary N) is 1. The first-order valence-electron chi connectivity index (χ1n) is 7.81. The predicted molar refractivity (Wildman–Crippen MR) is 88.1 cm³/mol. The van der Waals surface area contributed by atoms with Gasteiger partial charge in [0, 0.05) is 32.4 Å². The molecule has 2 aromatic heterocycles. The molecule has 24 heavy (non-hydrogen) atoms. The minimum atomic E-state index is 0.00870. The summed E-state index contributed by atoms with van der Waals surface area (Å²) in [5, 5.41) is 11.0. The topological polar surface area (TPSA) is 82.9 Å². The minimum absolute atomic E-state index is 0.00870. The normalized spacial score (nSPS) is 14.8. The molecule has 1 aromatic carbocycles. The lowest BCUT2D eigenvalue weighted by Gasteiger charge is -2.34. The molecule has 0 aliphatic carbocycles. The van der Waals surface area contributed by atoms with E-state index in [4.69, 9.17) is 0 Å². The van der Waals surface area contributed by atoms with E-state index in [0.29, 0.717) is 18.7 Å². The highest BCUT2D eigenvalue weighted by Gasteiger charge is 2.24. The number of hydrogen-bond donors (Lipinski definition) is 1. The van der Waals surface area contributed by atoms with Crippen molar-refractivity contribution in [3.05, 3.63) is 54.6 Å². The second-order valence-electron chi connectivity index (χ2n) is 5.60. The Kier molecular flexibility index (Phi) is 3.70. The number of anilines is 1. The van der Waals surface area contributed by atoms with Crippen LogP contribution in [0.25, 0.3) is 5.69 Å². The van der Waals surface area contributed by atoms with Crippen molar-refractivity contribution in [2.24, 2.45) is 0 Å². The zero-order chi connectivity index (χ0) is 16.4. The van der Waals surface area contributed by atoms with Crippen LogP contribution in [0.5, 0.6) is 0 Å². The third kappa shape index (κ3) is 2.73. The molecule has 3 heterocycles. The Morgan fingerprint density at radius 3 is 2.58 bits per heavy atom. The highest BCUT2D eigenvalue weighted by Crippen LogP contribution is 2.13. The van der Waals surface area contributed by atoms with Gasteiger partial charge in [0.1, 0.15) is 6.33 Å². The summed E-state index contributed by atoms with van der Waals surface area (Å²) in [5.74, 6) is 0.758. The fourth-order valence-corrected chi connectivity index (χ4v) is 2.81. The van der Waals surface area contributed by atoms with E-state index >= 15 is 0 Å². The van der Waals surface area contributed by atoms with Crippen molar-refractivity contribution in [3.63, 3.8) is 0 Å². The quantitative estimate of drug-likeness (QED) is 0.776. The van der Waals surface area contributed by atoms with Crippen molar-refractivity contribution in [3.8, 4) is 5.69 Å². The van der Waals surface area contributed by atoms with Crippen molar-refractivity contribution in [2.75, 3.05) is 31.1 Å². The van der Waals surface area contributed by atoms with Crippen LogP contribution in [-0.4, -0.2) is 61.9 Å². The molecule has 1 N–H and O–H groups in total. The fourth-order valence-electron chi connectivity index (χ4n) is 2.81. The van der Waals surface area contributed by atoms with Gasteiger partial charge < -0.3 is 9.80 Å². The van der Waals surface area contributed by atoms with E-state index < -0.39 is 0 Å². The lowest BCUT2D eigenvalue weighted by molar-refractivity contribution is 0.0746. The SMILES string of the molecule is O=C(c1cnn(-c2ccccc2)c1)N1CCN(c2ncn[nH]2)CC1. The molecule has 1 aliphatic heterocycles. The molecule has 1 aliphatic rings. The van der Waals surface area contributed by atoms with Crippen LogP contribution in [0.2, 0.25) is 0 Å². The van der Waals surface area contributed by atoms with Crippen LogP contribution in [0, 0.1) is 0 Å². The molecule has 4 rings (SSSR count). The molecule has 0 bridgehead atoms. The van der Waals surface area contributed by atoms with E-state index in [1.54, 1.807) is 17.1 Å². The number of carbonyl (C=O) groups is 1. The number of rotatable bonds is 3. The van der Waals surface area contributed by atoms with Crippen LogP contribution in [0.4, 0.5) is 5.95 Å². The van der Waals surface area contributed by atoms with Gasteiger partial charge in [-0.15, -0.1) is 0 Å². The van der Waals surface area contributed by atoms with Crippen molar-refractivity contribution < 1.29 is 4.79 Å². The summed E-state index contributed by atoms with van der Waals surface area (Å²) < 4.78 is 1.72. The van der Waals surface area contributed by atoms with E-state index in [0.717, 1.165) is 24.7 Å². The first kappa shape index (κ1) is 14.4. The van der Waals surface area contributed by atoms with E-state index in [-0.39, 0.29) is 5.91 Å². The molecule has 122 valence electrons. The van der Waals surface area contributed by atoms with Gasteiger partial charge in [-0.25, -0.2) is 9.78 Å². The van der Waals surface area contributed by atoms with Crippen molar-refractivity contribution in [2.45, 2.75) is 0 Å². The number of benzene rings is 1. The largest absolute Gasteiger partial charge is 0.338 e. The highest BCUT2D eigenvalue weighted by molar-refractivity contribution is 5.94. The van der Waals surface area contributed by atoms with Gasteiger partial charge in [-0.2, -0.15) is 15.2 Å². The van der Waals surface area contributed by atoms with Crippen LogP contribution in [0.3, 0.4) is 0 Å². The van der Waals surface area contributed by atoms with Gasteiger partial charge in [0.25, 0.3) is 5.91 Å². The zero-order valence-electron chi connectivity index (χ0n) is 13.0. The fraction of sp³-hybridized carbons (Fsp3) is 0.250. The van der Waals surface area contributed by atoms with E-state index in [1.165, 1.54) is 6.33 Å². The Balaban J connectivity index is 1.43. The van der Waals surface area contributed by atoms with Crippen molar-refractivity contribution in [1.29, 1.82) is 0 Å². The zero-order valence-corrected chi connectivity index (χ0v) is 13.0. The standard InChI is InChI=1S/C16H17N7O/c24-15(13-10-19-23(11-13)14-4-2-1-3-5-14)21-6-8-22(9-7-21)16-17-12-18-20-16/h1-5,10-12H,6-9H2,(H,17,18,20). The highest BCUT2D eigenvalue weighted by atomic mass is 16.2. The first-order chi connectivity index (χ1) is 11.8. The van der Waals surface area contributed by atoms with Crippen molar-refractivity contribution in [1.82, 2.24) is 29.9 Å². The second-order valence-corrected chi connectivity index (χ2v) is 5.60. The Morgan fingerprint density at radius 1 is 1.08 bits per heavy atom. The Bertz CT molecular complexity index is 804. The molecule has 1 saturated heterocycles. The summed E-state index contributed by atoms with van der Waals surface area (Å²) in [6.07, 6.45) is 4.89. The Morgan fingerprint density at radius 2 is 1.88 bits per heavy atom. The van der Waals surface area contributed by atoms with E-state index in [1.807, 2.05) is 35.2 Å². The van der Waals surface area contributed by atoms with Gasteiger partial charge in [0.15, 0.2) is 0 Å². The van der Waals surface area contributed by atoms with Gasteiger partial charge in [0.05, 0.1) is 17.4 Å². The molecule has 0 radical (unpaired) electrons. The molecule has 0 saturated carbocycles. The number of aromatic amines is 1. The van der Waals surface area contributed by atoms with Crippen LogP contribution in [0.1, 0.15) is 10.4 Å². The smallest absolute Gasteiger partial charge is 0.257 e. The van der Waals surface area contributed by atoms with Crippen LogP contribution in [0.15, 0.2) is 49.1 Å². The molecule has 1 amide bonds. The molecular weight excluding hydrogens is 306 g/mol. The molecule has 1 fully saturated rings. The number of hydrogen-bond acceptors (Lipinski definition) is 5. The molecular formula is C16H17N7O. The summed E-state index contributed by atoms with van der Waals surface area (Å²) in [4.78, 5) is 20.7. The van der Waals surface area contributed by atoms with Gasteiger partial charge in [0.2, 0.25) is 5.95 Å². The molecule has 0 atom stereocenters. The van der Waals surface area contributed by atoms with Gasteiger partial charge in [-0.05, 0) is 12.1 Å². The lowest BCUT2D eigenvalue weighted by atomic mass is 10.2. The number of carbonyl (C=O) groups excluding carboxylic acids is 1. The summed E-state index contributed by atoms with van der Waals surface area (Å²) in [7, 11) is 0. The predicted octanol–water partition coefficient (Wildman–Crippen LogP) is 0.953. The van der Waals surface area contributed by atoms with Gasteiger partial charge in [-0.1, -0.05) is 18.2 Å². The van der Waals surface area contributed by atoms with Gasteiger partial charge in [-0.3, -0.25) is 4.79 Å². The molecule has 8 nitrogen and oxygen atoms in total. The summed E-state index contributed by atoms with van der Waals surface area (Å²) >= 11 is 0. The maximum atomic E-state index is 12.7. The number of para-hydroxylation sites is 1. The third-order valence-electron chi connectivity index (χ3n) is 4.12. The number of H-pyrrole nitrogens is 1. The van der Waals surface area contributed by atoms with Crippen LogP contribution < -0.4 is 4.90 Å². The molecule has 8 heteroatoms. The first-order valence-corrected chi connectivity index (χ1v) is 7.81. The number of piperazine rings is 1. The summed E-state index contributed by atoms with van der Waals surface area (Å²) in [5.41, 5.74) is 1.54. The maximum absolute atomic E-state index is 12.7. The number of nitrogens with zero attached hydrogens (tertiary/aromatic N) is 6. The second kappa shape index (κ2) is 6.15. The average Bonchev–Trinajstić information content (AvgIpc) is 3.34. The van der Waals surface area contributed by atoms with E-state index in [9.17, 15) is 4.79 Å². The van der Waals surface area contributed by atoms with Gasteiger partial charge >= 0.3 is 0 Å². The Labute approximate surface area is 138 Å². The molecule has 0 spiro atoms. The third-order valence-corrected chi connectivity index (χ3v) is 4.12. The summed E-state index contributed by atoms with van der Waals surface area (Å²) in [6, 6.07) is 9.75. The summed E-state index contributed by atoms with van der Waals surface area (Å²) in [6.45, 7) is 2.76. The maximum Gasteiger partial charge on any atom is 0.257 e. The molecule has 0 unspecified atom stereocenters.